The van der Waals surface area contributed by atoms with Crippen LogP contribution in [0.4, 0.5) is 0 Å². The number of halogens is 2. The Bertz CT molecular complexity index is 897. The van der Waals surface area contributed by atoms with E-state index in [0.29, 0.717) is 32.5 Å². The Kier molecular flexibility index (Phi) is 5.63. The molecule has 0 spiro atoms. The number of hydrogen-bond donors (Lipinski definition) is 0. The lowest BCUT2D eigenvalue weighted by Gasteiger charge is -2.04. The highest BCUT2D eigenvalue weighted by molar-refractivity contribution is 7.99. The molecule has 0 N–H and O–H groups in total. The molecule has 0 fully saturated rings. The second-order valence-electron chi connectivity index (χ2n) is 4.94. The van der Waals surface area contributed by atoms with Crippen LogP contribution in [0.15, 0.2) is 52.1 Å². The van der Waals surface area contributed by atoms with Gasteiger partial charge in [-0.05, 0) is 42.5 Å². The van der Waals surface area contributed by atoms with Gasteiger partial charge >= 0.3 is 0 Å². The Morgan fingerprint density at radius 2 is 1.92 bits per heavy atom. The van der Waals surface area contributed by atoms with Crippen LogP contribution in [0.25, 0.3) is 11.5 Å². The van der Waals surface area contributed by atoms with Gasteiger partial charge in [0.15, 0.2) is 5.78 Å². The van der Waals surface area contributed by atoms with Crippen LogP contribution in [0.2, 0.25) is 10.0 Å². The van der Waals surface area contributed by atoms with Crippen molar-refractivity contribution in [1.29, 1.82) is 0 Å². The lowest BCUT2D eigenvalue weighted by atomic mass is 10.1. The molecule has 0 saturated carbocycles. The predicted octanol–water partition coefficient (Wildman–Crippen LogP) is 5.03. The number of hydrogen-bond acceptors (Lipinski definition) is 6. The molecule has 3 aromatic rings. The van der Waals surface area contributed by atoms with Crippen molar-refractivity contribution < 1.29 is 13.9 Å². The molecule has 1 heterocycles. The summed E-state index contributed by atoms with van der Waals surface area (Å²) in [5.74, 6) is 0.959. The van der Waals surface area contributed by atoms with Gasteiger partial charge in [0.1, 0.15) is 5.75 Å². The summed E-state index contributed by atoms with van der Waals surface area (Å²) in [5.41, 5.74) is 1.26. The molecule has 0 radical (unpaired) electrons. The minimum absolute atomic E-state index is 0.0965. The summed E-state index contributed by atoms with van der Waals surface area (Å²) in [5, 5.41) is 9.25. The Morgan fingerprint density at radius 1 is 1.16 bits per heavy atom. The number of carbonyl (C=O) groups excluding carboxylic acids is 1. The molecular weight excluding hydrogens is 383 g/mol. The van der Waals surface area contributed by atoms with Crippen molar-refractivity contribution >= 4 is 40.7 Å². The highest BCUT2D eigenvalue weighted by Gasteiger charge is 2.13. The lowest BCUT2D eigenvalue weighted by molar-refractivity contribution is 0.102. The lowest BCUT2D eigenvalue weighted by Crippen LogP contribution is -2.02. The Balaban J connectivity index is 1.65. The van der Waals surface area contributed by atoms with Gasteiger partial charge < -0.3 is 9.15 Å². The Hall–Kier alpha value is -2.02. The second kappa shape index (κ2) is 7.91. The van der Waals surface area contributed by atoms with Crippen LogP contribution in [0, 0.1) is 0 Å². The largest absolute Gasteiger partial charge is 0.495 e. The van der Waals surface area contributed by atoms with E-state index >= 15 is 0 Å². The van der Waals surface area contributed by atoms with E-state index in [2.05, 4.69) is 10.2 Å². The number of carbonyl (C=O) groups is 1. The van der Waals surface area contributed by atoms with Crippen molar-refractivity contribution in [3.63, 3.8) is 0 Å². The van der Waals surface area contributed by atoms with Crippen LogP contribution < -0.4 is 4.74 Å². The van der Waals surface area contributed by atoms with E-state index in [0.717, 1.165) is 5.56 Å². The minimum atomic E-state index is -0.0965. The van der Waals surface area contributed by atoms with E-state index in [-0.39, 0.29) is 11.5 Å². The number of methoxy groups -OCH3 is 1. The molecule has 2 aromatic carbocycles. The molecule has 0 aliphatic rings. The summed E-state index contributed by atoms with van der Waals surface area (Å²) < 4.78 is 10.6. The average molecular weight is 395 g/mol. The number of rotatable bonds is 6. The molecule has 8 heteroatoms. The number of thioether (sulfide) groups is 1. The summed E-state index contributed by atoms with van der Waals surface area (Å²) in [6.07, 6.45) is 0. The van der Waals surface area contributed by atoms with Gasteiger partial charge in [0.2, 0.25) is 5.89 Å². The molecule has 0 saturated heterocycles. The van der Waals surface area contributed by atoms with Gasteiger partial charge in [-0.25, -0.2) is 0 Å². The number of ether oxygens (including phenoxy) is 1. The van der Waals surface area contributed by atoms with E-state index in [9.17, 15) is 4.79 Å². The Morgan fingerprint density at radius 3 is 2.60 bits per heavy atom. The summed E-state index contributed by atoms with van der Waals surface area (Å²) in [6.45, 7) is 0. The van der Waals surface area contributed by atoms with Crippen molar-refractivity contribution in [2.45, 2.75) is 5.22 Å². The zero-order valence-corrected chi connectivity index (χ0v) is 15.4. The number of ketones is 1. The predicted molar refractivity (Wildman–Crippen MR) is 97.8 cm³/mol. The van der Waals surface area contributed by atoms with E-state index in [1.54, 1.807) is 42.5 Å². The van der Waals surface area contributed by atoms with Crippen LogP contribution in [-0.2, 0) is 0 Å². The maximum atomic E-state index is 12.3. The molecule has 0 unspecified atom stereocenters. The molecule has 5 nitrogen and oxygen atoms in total. The molecule has 128 valence electrons. The van der Waals surface area contributed by atoms with Gasteiger partial charge in [-0.1, -0.05) is 35.0 Å². The third-order valence-corrected chi connectivity index (χ3v) is 4.66. The number of Topliss-reactive ketones (excluding diaryl/α,β-unsaturated/α-hetero) is 1. The molecular formula is C17H12Cl2N2O3S. The van der Waals surface area contributed by atoms with Crippen molar-refractivity contribution in [3.05, 3.63) is 58.1 Å². The molecule has 3 rings (SSSR count). The van der Waals surface area contributed by atoms with Gasteiger partial charge in [-0.3, -0.25) is 4.79 Å². The van der Waals surface area contributed by atoms with Crippen LogP contribution in [0.5, 0.6) is 5.75 Å². The topological polar surface area (TPSA) is 65.2 Å². The highest BCUT2D eigenvalue weighted by atomic mass is 35.5. The van der Waals surface area contributed by atoms with Crippen LogP contribution in [0.3, 0.4) is 0 Å². The molecule has 0 atom stereocenters. The van der Waals surface area contributed by atoms with Gasteiger partial charge in [-0.2, -0.15) is 0 Å². The molecule has 1 aromatic heterocycles. The fourth-order valence-electron chi connectivity index (χ4n) is 2.03. The molecule has 25 heavy (non-hydrogen) atoms. The van der Waals surface area contributed by atoms with Crippen molar-refractivity contribution in [2.24, 2.45) is 0 Å². The molecule has 0 amide bonds. The zero-order chi connectivity index (χ0) is 17.8. The monoisotopic (exact) mass is 394 g/mol. The molecule has 0 aliphatic carbocycles. The fraction of sp³-hybridized carbons (Fsp3) is 0.118. The summed E-state index contributed by atoms with van der Waals surface area (Å²) in [4.78, 5) is 12.3. The van der Waals surface area contributed by atoms with Gasteiger partial charge in [0, 0.05) is 16.1 Å². The number of nitrogens with zero attached hydrogens (tertiary/aromatic N) is 2. The second-order valence-corrected chi connectivity index (χ2v) is 6.71. The van der Waals surface area contributed by atoms with E-state index in [1.807, 2.05) is 0 Å². The van der Waals surface area contributed by atoms with Crippen molar-refractivity contribution in [3.8, 4) is 17.2 Å². The van der Waals surface area contributed by atoms with E-state index in [1.165, 1.54) is 18.9 Å². The summed E-state index contributed by atoms with van der Waals surface area (Å²) >= 11 is 13.1. The zero-order valence-electron chi connectivity index (χ0n) is 13.0. The first kappa shape index (κ1) is 17.8. The number of aromatic nitrogens is 2. The third kappa shape index (κ3) is 4.34. The maximum absolute atomic E-state index is 12.3. The fourth-order valence-corrected chi connectivity index (χ4v) is 3.07. The molecule has 0 bridgehead atoms. The molecule has 0 aliphatic heterocycles. The van der Waals surface area contributed by atoms with Gasteiger partial charge in [0.25, 0.3) is 5.22 Å². The summed E-state index contributed by atoms with van der Waals surface area (Å²) in [6, 6.07) is 12.0. The van der Waals surface area contributed by atoms with Gasteiger partial charge in [0.05, 0.1) is 17.9 Å². The van der Waals surface area contributed by atoms with E-state index < -0.39 is 0 Å². The van der Waals surface area contributed by atoms with Crippen molar-refractivity contribution in [2.75, 3.05) is 12.9 Å². The van der Waals surface area contributed by atoms with Gasteiger partial charge in [-0.15, -0.1) is 10.2 Å². The van der Waals surface area contributed by atoms with Crippen molar-refractivity contribution in [1.82, 2.24) is 10.2 Å². The minimum Gasteiger partial charge on any atom is -0.495 e. The first-order valence-electron chi connectivity index (χ1n) is 7.16. The Labute approximate surface area is 158 Å². The first-order valence-corrected chi connectivity index (χ1v) is 8.90. The normalized spacial score (nSPS) is 10.7. The van der Waals surface area contributed by atoms with E-state index in [4.69, 9.17) is 32.4 Å². The number of benzene rings is 2. The van der Waals surface area contributed by atoms with Crippen LogP contribution in [-0.4, -0.2) is 28.8 Å². The first-order chi connectivity index (χ1) is 12.1. The van der Waals surface area contributed by atoms with Crippen LogP contribution >= 0.6 is 35.0 Å². The third-order valence-electron chi connectivity index (χ3n) is 3.30. The standard InChI is InChI=1S/C17H12Cl2N2O3S/c1-23-15-7-4-11(8-13(15)19)14(22)9-25-17-21-20-16(24-17)10-2-5-12(18)6-3-10/h2-8H,9H2,1H3. The quantitative estimate of drug-likeness (QED) is 0.431. The smallest absolute Gasteiger partial charge is 0.277 e. The maximum Gasteiger partial charge on any atom is 0.277 e. The SMILES string of the molecule is COc1ccc(C(=O)CSc2nnc(-c3ccc(Cl)cc3)o2)cc1Cl. The van der Waals surface area contributed by atoms with Crippen LogP contribution in [0.1, 0.15) is 10.4 Å². The highest BCUT2D eigenvalue weighted by Crippen LogP contribution is 2.27. The summed E-state index contributed by atoms with van der Waals surface area (Å²) in [7, 11) is 1.52. The average Bonchev–Trinajstić information content (AvgIpc) is 3.09.